The number of anilines is 1. The molecule has 3 aromatic heterocycles. The lowest BCUT2D eigenvalue weighted by molar-refractivity contribution is 0.498. The van der Waals surface area contributed by atoms with Crippen LogP contribution in [0.2, 0.25) is 0 Å². The Kier molecular flexibility index (Phi) is 3.92. The Bertz CT molecular complexity index is 888. The van der Waals surface area contributed by atoms with Crippen molar-refractivity contribution in [2.75, 3.05) is 18.0 Å². The van der Waals surface area contributed by atoms with Crippen LogP contribution in [-0.4, -0.2) is 33.0 Å². The zero-order valence-electron chi connectivity index (χ0n) is 14.3. The van der Waals surface area contributed by atoms with Gasteiger partial charge in [0.15, 0.2) is 0 Å². The second kappa shape index (κ2) is 6.09. The van der Waals surface area contributed by atoms with E-state index in [2.05, 4.69) is 44.7 Å². The molecule has 0 aliphatic carbocycles. The van der Waals surface area contributed by atoms with Crippen molar-refractivity contribution in [2.24, 2.45) is 0 Å². The number of thiophene rings is 1. The Hall–Kier alpha value is -2.08. The van der Waals surface area contributed by atoms with Crippen LogP contribution in [0.25, 0.3) is 10.2 Å². The van der Waals surface area contributed by atoms with Gasteiger partial charge in [0.2, 0.25) is 0 Å². The molecular formula is C18H21N5S. The number of hydrogen-bond acceptors (Lipinski definition) is 6. The van der Waals surface area contributed by atoms with Crippen LogP contribution < -0.4 is 4.90 Å². The predicted octanol–water partition coefficient (Wildman–Crippen LogP) is 3.79. The smallest absolute Gasteiger partial charge is 0.141 e. The van der Waals surface area contributed by atoms with Gasteiger partial charge in [-0.3, -0.25) is 0 Å². The van der Waals surface area contributed by atoms with E-state index in [1.807, 2.05) is 13.1 Å². The number of rotatable bonds is 2. The highest BCUT2D eigenvalue weighted by Crippen LogP contribution is 2.36. The van der Waals surface area contributed by atoms with Gasteiger partial charge in [-0.2, -0.15) is 0 Å². The van der Waals surface area contributed by atoms with Gasteiger partial charge in [0.25, 0.3) is 0 Å². The lowest BCUT2D eigenvalue weighted by Crippen LogP contribution is -2.35. The zero-order chi connectivity index (χ0) is 16.7. The van der Waals surface area contributed by atoms with Gasteiger partial charge < -0.3 is 4.90 Å². The van der Waals surface area contributed by atoms with E-state index < -0.39 is 0 Å². The van der Waals surface area contributed by atoms with Crippen LogP contribution in [0.5, 0.6) is 0 Å². The minimum atomic E-state index is 0.436. The van der Waals surface area contributed by atoms with Crippen molar-refractivity contribution in [1.29, 1.82) is 0 Å². The average Bonchev–Trinajstić information content (AvgIpc) is 2.89. The fourth-order valence-corrected chi connectivity index (χ4v) is 4.51. The van der Waals surface area contributed by atoms with Crippen LogP contribution in [0.15, 0.2) is 18.6 Å². The van der Waals surface area contributed by atoms with Crippen LogP contribution in [0.1, 0.15) is 40.7 Å². The summed E-state index contributed by atoms with van der Waals surface area (Å²) in [6, 6.07) is 2.05. The molecule has 0 N–H and O–H groups in total. The molecule has 0 spiro atoms. The highest BCUT2D eigenvalue weighted by atomic mass is 32.1. The van der Waals surface area contributed by atoms with Gasteiger partial charge in [-0.1, -0.05) is 0 Å². The molecule has 4 rings (SSSR count). The largest absolute Gasteiger partial charge is 0.355 e. The van der Waals surface area contributed by atoms with Gasteiger partial charge in [-0.05, 0) is 45.2 Å². The Morgan fingerprint density at radius 1 is 1.17 bits per heavy atom. The van der Waals surface area contributed by atoms with Crippen molar-refractivity contribution < 1.29 is 0 Å². The van der Waals surface area contributed by atoms with Crippen LogP contribution in [0.3, 0.4) is 0 Å². The van der Waals surface area contributed by atoms with Crippen LogP contribution in [0, 0.1) is 20.8 Å². The Morgan fingerprint density at radius 3 is 2.88 bits per heavy atom. The fraction of sp³-hybridized carbons (Fsp3) is 0.444. The van der Waals surface area contributed by atoms with Crippen LogP contribution in [-0.2, 0) is 0 Å². The molecule has 124 valence electrons. The Labute approximate surface area is 145 Å². The second-order valence-electron chi connectivity index (χ2n) is 6.47. The maximum atomic E-state index is 4.64. The van der Waals surface area contributed by atoms with Crippen LogP contribution >= 0.6 is 11.3 Å². The molecule has 3 aromatic rings. The van der Waals surface area contributed by atoms with E-state index >= 15 is 0 Å². The SMILES string of the molecule is Cc1nccc(C2CCCN(c3ncnc4sc(C)c(C)c34)C2)n1. The number of piperidine rings is 1. The second-order valence-corrected chi connectivity index (χ2v) is 7.68. The lowest BCUT2D eigenvalue weighted by Gasteiger charge is -2.33. The standard InChI is InChI=1S/C18H21N5S/c1-11-12(2)24-18-16(11)17(20-10-21-18)23-8-4-5-14(9-23)15-6-7-19-13(3)22-15/h6-7,10,14H,4-5,8-9H2,1-3H3. The molecule has 6 heteroatoms. The fourth-order valence-electron chi connectivity index (χ4n) is 3.52. The Morgan fingerprint density at radius 2 is 2.04 bits per heavy atom. The van der Waals surface area contributed by atoms with Crippen molar-refractivity contribution in [3.05, 3.63) is 40.5 Å². The molecule has 4 heterocycles. The quantitative estimate of drug-likeness (QED) is 0.711. The van der Waals surface area contributed by atoms with Crippen molar-refractivity contribution in [2.45, 2.75) is 39.5 Å². The minimum Gasteiger partial charge on any atom is -0.355 e. The molecule has 1 atom stereocenters. The Balaban J connectivity index is 1.70. The van der Waals surface area contributed by atoms with Crippen molar-refractivity contribution in [3.63, 3.8) is 0 Å². The minimum absolute atomic E-state index is 0.436. The summed E-state index contributed by atoms with van der Waals surface area (Å²) >= 11 is 1.76. The maximum absolute atomic E-state index is 4.64. The first-order chi connectivity index (χ1) is 11.6. The molecule has 1 aliphatic heterocycles. The van der Waals surface area contributed by atoms with E-state index in [-0.39, 0.29) is 0 Å². The highest BCUT2D eigenvalue weighted by molar-refractivity contribution is 7.18. The number of nitrogens with zero attached hydrogens (tertiary/aromatic N) is 5. The molecule has 1 aliphatic rings. The van der Waals surface area contributed by atoms with E-state index in [1.54, 1.807) is 17.7 Å². The molecule has 1 fully saturated rings. The molecule has 1 saturated heterocycles. The van der Waals surface area contributed by atoms with Gasteiger partial charge in [0.05, 0.1) is 5.39 Å². The third-order valence-corrected chi connectivity index (χ3v) is 6.00. The summed E-state index contributed by atoms with van der Waals surface area (Å²) in [5.41, 5.74) is 2.46. The molecule has 1 unspecified atom stereocenters. The third kappa shape index (κ3) is 2.65. The molecule has 0 aromatic carbocycles. The normalized spacial score (nSPS) is 18.3. The highest BCUT2D eigenvalue weighted by Gasteiger charge is 2.25. The first kappa shape index (κ1) is 15.4. The van der Waals surface area contributed by atoms with E-state index in [0.29, 0.717) is 5.92 Å². The summed E-state index contributed by atoms with van der Waals surface area (Å²) in [5.74, 6) is 2.36. The molecule has 5 nitrogen and oxygen atoms in total. The van der Waals surface area contributed by atoms with E-state index in [1.165, 1.54) is 22.2 Å². The first-order valence-corrected chi connectivity index (χ1v) is 9.20. The molecule has 24 heavy (non-hydrogen) atoms. The van der Waals surface area contributed by atoms with E-state index in [4.69, 9.17) is 0 Å². The molecular weight excluding hydrogens is 318 g/mol. The van der Waals surface area contributed by atoms with Gasteiger partial charge in [0, 0.05) is 35.8 Å². The molecule has 0 amide bonds. The summed E-state index contributed by atoms with van der Waals surface area (Å²) < 4.78 is 0. The topological polar surface area (TPSA) is 54.8 Å². The summed E-state index contributed by atoms with van der Waals surface area (Å²) in [6.45, 7) is 8.29. The number of hydrogen-bond donors (Lipinski definition) is 0. The third-order valence-electron chi connectivity index (χ3n) is 4.88. The number of fused-ring (bicyclic) bond motifs is 1. The number of aromatic nitrogens is 4. The van der Waals surface area contributed by atoms with Gasteiger partial charge in [0.1, 0.15) is 22.8 Å². The maximum Gasteiger partial charge on any atom is 0.141 e. The average molecular weight is 339 g/mol. The summed E-state index contributed by atoms with van der Waals surface area (Å²) in [6.07, 6.45) is 5.89. The van der Waals surface area contributed by atoms with Crippen LogP contribution in [0.4, 0.5) is 5.82 Å². The van der Waals surface area contributed by atoms with Crippen molar-refractivity contribution in [1.82, 2.24) is 19.9 Å². The number of aryl methyl sites for hydroxylation is 3. The summed E-state index contributed by atoms with van der Waals surface area (Å²) in [7, 11) is 0. The van der Waals surface area contributed by atoms with Gasteiger partial charge >= 0.3 is 0 Å². The monoisotopic (exact) mass is 339 g/mol. The predicted molar refractivity (Wildman–Crippen MR) is 97.8 cm³/mol. The molecule has 0 bridgehead atoms. The van der Waals surface area contributed by atoms with Crippen molar-refractivity contribution in [3.8, 4) is 0 Å². The van der Waals surface area contributed by atoms with E-state index in [9.17, 15) is 0 Å². The zero-order valence-corrected chi connectivity index (χ0v) is 15.1. The molecule has 0 radical (unpaired) electrons. The summed E-state index contributed by atoms with van der Waals surface area (Å²) in [5, 5.41) is 1.22. The van der Waals surface area contributed by atoms with Gasteiger partial charge in [-0.15, -0.1) is 11.3 Å². The lowest BCUT2D eigenvalue weighted by atomic mass is 9.94. The van der Waals surface area contributed by atoms with E-state index in [0.717, 1.165) is 41.7 Å². The van der Waals surface area contributed by atoms with Crippen molar-refractivity contribution >= 4 is 27.4 Å². The van der Waals surface area contributed by atoms with Gasteiger partial charge in [-0.25, -0.2) is 19.9 Å². The summed E-state index contributed by atoms with van der Waals surface area (Å²) in [4.78, 5) is 22.8. The first-order valence-electron chi connectivity index (χ1n) is 8.38. The molecule has 0 saturated carbocycles.